The summed E-state index contributed by atoms with van der Waals surface area (Å²) in [5, 5.41) is 4.05. The van der Waals surface area contributed by atoms with E-state index in [0.29, 0.717) is 42.5 Å². The van der Waals surface area contributed by atoms with Crippen LogP contribution in [0.3, 0.4) is 0 Å². The maximum absolute atomic E-state index is 13.8. The van der Waals surface area contributed by atoms with Crippen LogP contribution in [0.15, 0.2) is 60.7 Å². The molecule has 0 spiro atoms. The number of aryl methyl sites for hydroxylation is 2. The Morgan fingerprint density at radius 1 is 0.956 bits per heavy atom. The zero-order valence-electron chi connectivity index (χ0n) is 27.2. The van der Waals surface area contributed by atoms with E-state index in [9.17, 15) is 13.8 Å². The van der Waals surface area contributed by atoms with Crippen LogP contribution in [0.2, 0.25) is 0 Å². The third-order valence-electron chi connectivity index (χ3n) is 8.39. The summed E-state index contributed by atoms with van der Waals surface area (Å²) in [4.78, 5) is 31.1. The summed E-state index contributed by atoms with van der Waals surface area (Å²) in [7, 11) is 2.12. The predicted octanol–water partition coefficient (Wildman–Crippen LogP) is 5.71. The number of fused-ring (bicyclic) bond motifs is 1. The number of methoxy groups -OCH3 is 1. The predicted molar refractivity (Wildman–Crippen MR) is 183 cm³/mol. The first-order chi connectivity index (χ1) is 21.3. The first-order valence-electron chi connectivity index (χ1n) is 15.1. The fraction of sp³-hybridized carbons (Fsp3) is 0.371. The number of hydrogen-bond acceptors (Lipinski definition) is 5. The molecule has 2 heterocycles. The molecule has 0 aliphatic carbocycles. The number of nitrogens with one attached hydrogen (secondary N) is 2. The van der Waals surface area contributed by atoms with Gasteiger partial charge in [0, 0.05) is 57.0 Å². The minimum atomic E-state index is -1.33. The van der Waals surface area contributed by atoms with Gasteiger partial charge in [0.1, 0.15) is 16.7 Å². The number of benzene rings is 3. The smallest absolute Gasteiger partial charge is 0.272 e. The summed E-state index contributed by atoms with van der Waals surface area (Å²) in [6.07, 6.45) is 1.55. The molecule has 0 radical (unpaired) electrons. The van der Waals surface area contributed by atoms with Gasteiger partial charge >= 0.3 is 0 Å². The molecule has 1 unspecified atom stereocenters. The first kappa shape index (κ1) is 32.2. The molecule has 0 saturated carbocycles. The van der Waals surface area contributed by atoms with Crippen molar-refractivity contribution in [3.8, 4) is 5.75 Å². The summed E-state index contributed by atoms with van der Waals surface area (Å²) in [6.45, 7) is 11.9. The number of para-hydroxylation sites is 1. The van der Waals surface area contributed by atoms with Gasteiger partial charge in [-0.15, -0.1) is 0 Å². The molecule has 1 fully saturated rings. The van der Waals surface area contributed by atoms with Gasteiger partial charge in [-0.2, -0.15) is 0 Å². The van der Waals surface area contributed by atoms with E-state index in [2.05, 4.69) is 41.8 Å². The summed E-state index contributed by atoms with van der Waals surface area (Å²) in [6, 6.07) is 19.6. The molecule has 9 nitrogen and oxygen atoms in total. The standard InChI is InChI=1S/C35H43N5O4S/c1-23-11-13-24(14-12-23)34(42)40-17-15-39(16-18-40)22-26-10-8-9-25-19-30(38(5)31(25)26)33(41)36-28-20-27(35(2,3)4)21-29(32(28)44-6)37-45(7)43/h8-14,19-21,37H,15-18,22H2,1-7H3,(H,36,41). The molecule has 1 aliphatic heterocycles. The van der Waals surface area contributed by atoms with Crippen LogP contribution in [-0.2, 0) is 30.0 Å². The molecule has 1 atom stereocenters. The Labute approximate surface area is 268 Å². The highest BCUT2D eigenvalue weighted by Crippen LogP contribution is 2.39. The number of hydrogen-bond donors (Lipinski definition) is 2. The van der Waals surface area contributed by atoms with Gasteiger partial charge in [0.25, 0.3) is 11.8 Å². The highest BCUT2D eigenvalue weighted by Gasteiger charge is 2.25. The molecule has 1 saturated heterocycles. The number of amides is 2. The average molecular weight is 630 g/mol. The van der Waals surface area contributed by atoms with E-state index in [1.807, 2.05) is 78.0 Å². The third kappa shape index (κ3) is 7.07. The highest BCUT2D eigenvalue weighted by atomic mass is 32.2. The Morgan fingerprint density at radius 3 is 2.24 bits per heavy atom. The fourth-order valence-corrected chi connectivity index (χ4v) is 6.33. The normalized spacial score (nSPS) is 14.8. The molecular weight excluding hydrogens is 586 g/mol. The zero-order valence-corrected chi connectivity index (χ0v) is 28.0. The van der Waals surface area contributed by atoms with E-state index in [1.54, 1.807) is 6.26 Å². The van der Waals surface area contributed by atoms with Crippen molar-refractivity contribution in [1.82, 2.24) is 14.4 Å². The number of nitrogens with zero attached hydrogens (tertiary/aromatic N) is 3. The molecule has 4 aromatic rings. The van der Waals surface area contributed by atoms with Crippen LogP contribution in [0, 0.1) is 6.92 Å². The first-order valence-corrected chi connectivity index (χ1v) is 16.7. The van der Waals surface area contributed by atoms with Gasteiger partial charge in [-0.1, -0.05) is 56.7 Å². The molecule has 10 heteroatoms. The number of carbonyl (C=O) groups excluding carboxylic acids is 2. The largest absolute Gasteiger partial charge is 0.492 e. The van der Waals surface area contributed by atoms with E-state index in [0.717, 1.165) is 46.2 Å². The van der Waals surface area contributed by atoms with Crippen LogP contribution in [0.1, 0.15) is 58.3 Å². The maximum Gasteiger partial charge on any atom is 0.272 e. The molecule has 238 valence electrons. The highest BCUT2D eigenvalue weighted by molar-refractivity contribution is 7.85. The minimum Gasteiger partial charge on any atom is -0.492 e. The number of aromatic nitrogens is 1. The van der Waals surface area contributed by atoms with Gasteiger partial charge in [0.15, 0.2) is 5.75 Å². The molecule has 1 aliphatic rings. The molecule has 2 amide bonds. The van der Waals surface area contributed by atoms with Crippen LogP contribution in [0.5, 0.6) is 5.75 Å². The quantitative estimate of drug-likeness (QED) is 0.261. The van der Waals surface area contributed by atoms with E-state index in [1.165, 1.54) is 7.11 Å². The van der Waals surface area contributed by atoms with Crippen LogP contribution < -0.4 is 14.8 Å². The van der Waals surface area contributed by atoms with Crippen molar-refractivity contribution in [2.45, 2.75) is 39.7 Å². The van der Waals surface area contributed by atoms with Crippen LogP contribution in [0.25, 0.3) is 10.9 Å². The van der Waals surface area contributed by atoms with Gasteiger partial charge in [0.05, 0.1) is 24.0 Å². The van der Waals surface area contributed by atoms with Crippen molar-refractivity contribution in [3.05, 3.63) is 88.6 Å². The SMILES string of the molecule is COc1c(NC(=O)c2cc3cccc(CN4CCN(C(=O)c5ccc(C)cc5)CC4)c3n2C)cc(C(C)(C)C)cc1NS(C)=O. The van der Waals surface area contributed by atoms with Crippen LogP contribution in [0.4, 0.5) is 11.4 Å². The fourth-order valence-electron chi connectivity index (χ4n) is 5.87. The van der Waals surface area contributed by atoms with E-state index in [-0.39, 0.29) is 17.2 Å². The Hall–Kier alpha value is -4.15. The number of ether oxygens (including phenoxy) is 1. The van der Waals surface area contributed by atoms with Gasteiger partial charge in [-0.3, -0.25) is 14.5 Å². The monoisotopic (exact) mass is 629 g/mol. The summed E-state index contributed by atoms with van der Waals surface area (Å²) in [5.74, 6) is 0.229. The van der Waals surface area contributed by atoms with Crippen molar-refractivity contribution in [3.63, 3.8) is 0 Å². The second-order valence-electron chi connectivity index (χ2n) is 12.7. The molecule has 0 bridgehead atoms. The van der Waals surface area contributed by atoms with Crippen molar-refractivity contribution >= 4 is 45.1 Å². The van der Waals surface area contributed by atoms with Crippen molar-refractivity contribution < 1.29 is 18.5 Å². The van der Waals surface area contributed by atoms with Crippen molar-refractivity contribution in [2.24, 2.45) is 7.05 Å². The number of anilines is 2. The maximum atomic E-state index is 13.8. The van der Waals surface area contributed by atoms with Gasteiger partial charge in [-0.05, 0) is 53.8 Å². The Bertz CT molecular complexity index is 1750. The lowest BCUT2D eigenvalue weighted by molar-refractivity contribution is 0.0628. The third-order valence-corrected chi connectivity index (χ3v) is 8.89. The van der Waals surface area contributed by atoms with Crippen LogP contribution in [-0.4, -0.2) is 69.9 Å². The van der Waals surface area contributed by atoms with E-state index in [4.69, 9.17) is 4.74 Å². The molecule has 1 aromatic heterocycles. The van der Waals surface area contributed by atoms with Gasteiger partial charge < -0.3 is 24.2 Å². The molecule has 3 aromatic carbocycles. The Morgan fingerprint density at radius 2 is 1.62 bits per heavy atom. The van der Waals surface area contributed by atoms with E-state index < -0.39 is 11.0 Å². The number of carbonyl (C=O) groups is 2. The lowest BCUT2D eigenvalue weighted by Gasteiger charge is -2.35. The molecular formula is C35H43N5O4S. The molecule has 5 rings (SSSR count). The number of piperazine rings is 1. The second-order valence-corrected chi connectivity index (χ2v) is 13.9. The number of rotatable bonds is 8. The summed E-state index contributed by atoms with van der Waals surface area (Å²) in [5.41, 5.74) is 6.31. The van der Waals surface area contributed by atoms with Crippen molar-refractivity contribution in [2.75, 3.05) is 49.6 Å². The lowest BCUT2D eigenvalue weighted by Crippen LogP contribution is -2.48. The lowest BCUT2D eigenvalue weighted by atomic mass is 9.86. The molecule has 45 heavy (non-hydrogen) atoms. The minimum absolute atomic E-state index is 0.0744. The summed E-state index contributed by atoms with van der Waals surface area (Å²) >= 11 is 0. The topological polar surface area (TPSA) is 95.9 Å². The molecule has 2 N–H and O–H groups in total. The van der Waals surface area contributed by atoms with Gasteiger partial charge in [0.2, 0.25) is 0 Å². The average Bonchev–Trinajstić information content (AvgIpc) is 3.34. The Kier molecular flexibility index (Phi) is 9.36. The Balaban J connectivity index is 1.35. The van der Waals surface area contributed by atoms with Gasteiger partial charge in [-0.25, -0.2) is 4.21 Å². The van der Waals surface area contributed by atoms with E-state index >= 15 is 0 Å². The second kappa shape index (κ2) is 13.1. The van der Waals surface area contributed by atoms with Crippen molar-refractivity contribution in [1.29, 1.82) is 0 Å². The zero-order chi connectivity index (χ0) is 32.5. The van der Waals surface area contributed by atoms with Crippen LogP contribution >= 0.6 is 0 Å². The summed E-state index contributed by atoms with van der Waals surface area (Å²) < 4.78 is 22.6.